The number of aliphatic carboxylic acids is 1. The quantitative estimate of drug-likeness (QED) is 0.327. The van der Waals surface area contributed by atoms with Crippen molar-refractivity contribution in [3.8, 4) is 11.1 Å². The Morgan fingerprint density at radius 1 is 0.857 bits per heavy atom. The van der Waals surface area contributed by atoms with Gasteiger partial charge in [0.1, 0.15) is 6.61 Å². The molecule has 2 aromatic carbocycles. The van der Waals surface area contributed by atoms with Gasteiger partial charge in [0.15, 0.2) is 0 Å². The lowest BCUT2D eigenvalue weighted by molar-refractivity contribution is -0.137. The third-order valence-corrected chi connectivity index (χ3v) is 6.50. The largest absolute Gasteiger partial charge is 0.481 e. The molecule has 1 atom stereocenters. The van der Waals surface area contributed by atoms with Gasteiger partial charge < -0.3 is 20.5 Å². The summed E-state index contributed by atoms with van der Waals surface area (Å²) in [5.74, 6) is -0.448. The first-order chi connectivity index (χ1) is 17.0. The van der Waals surface area contributed by atoms with E-state index in [0.717, 1.165) is 25.7 Å². The number of amides is 2. The highest BCUT2D eigenvalue weighted by molar-refractivity contribution is 5.79. The van der Waals surface area contributed by atoms with E-state index in [-0.39, 0.29) is 24.2 Å². The van der Waals surface area contributed by atoms with Crippen LogP contribution in [-0.4, -0.2) is 42.8 Å². The highest BCUT2D eigenvalue weighted by atomic mass is 16.5. The molecule has 7 nitrogen and oxygen atoms in total. The summed E-state index contributed by atoms with van der Waals surface area (Å²) >= 11 is 0. The van der Waals surface area contributed by atoms with E-state index in [0.29, 0.717) is 32.5 Å². The number of hydrogen-bond donors (Lipinski definition) is 3. The summed E-state index contributed by atoms with van der Waals surface area (Å²) in [6.07, 6.45) is 3.99. The van der Waals surface area contributed by atoms with Gasteiger partial charge in [-0.2, -0.15) is 0 Å². The van der Waals surface area contributed by atoms with Crippen molar-refractivity contribution in [3.63, 3.8) is 0 Å². The second-order valence-corrected chi connectivity index (χ2v) is 9.24. The molecule has 0 spiro atoms. The zero-order valence-corrected chi connectivity index (χ0v) is 20.4. The normalized spacial score (nSPS) is 12.9. The Hall–Kier alpha value is -3.35. The smallest absolute Gasteiger partial charge is 0.407 e. The lowest BCUT2D eigenvalue weighted by Gasteiger charge is -2.14. The third-order valence-electron chi connectivity index (χ3n) is 6.50. The predicted octanol–water partition coefficient (Wildman–Crippen LogP) is 5.09. The average molecular weight is 481 g/mol. The van der Waals surface area contributed by atoms with Crippen LogP contribution < -0.4 is 10.6 Å². The molecule has 0 fully saturated rings. The number of carboxylic acid groups (broad SMARTS) is 1. The summed E-state index contributed by atoms with van der Waals surface area (Å²) in [6, 6.07) is 16.5. The van der Waals surface area contributed by atoms with Crippen LogP contribution in [0.15, 0.2) is 48.5 Å². The predicted molar refractivity (Wildman–Crippen MR) is 135 cm³/mol. The summed E-state index contributed by atoms with van der Waals surface area (Å²) in [4.78, 5) is 34.7. The van der Waals surface area contributed by atoms with Crippen LogP contribution in [0.2, 0.25) is 0 Å². The molecule has 3 N–H and O–H groups in total. The molecule has 2 amide bonds. The number of carboxylic acids is 1. The van der Waals surface area contributed by atoms with Crippen LogP contribution in [0.25, 0.3) is 11.1 Å². The number of carbonyl (C=O) groups excluding carboxylic acids is 2. The molecule has 35 heavy (non-hydrogen) atoms. The van der Waals surface area contributed by atoms with E-state index < -0.39 is 12.1 Å². The van der Waals surface area contributed by atoms with Gasteiger partial charge in [-0.15, -0.1) is 0 Å². The minimum absolute atomic E-state index is 0.0138. The number of fused-ring (bicyclic) bond motifs is 3. The molecule has 0 saturated carbocycles. The molecule has 3 rings (SSSR count). The van der Waals surface area contributed by atoms with Crippen molar-refractivity contribution in [2.24, 2.45) is 5.92 Å². The second kappa shape index (κ2) is 13.5. The fourth-order valence-corrected chi connectivity index (χ4v) is 4.49. The zero-order valence-electron chi connectivity index (χ0n) is 20.4. The summed E-state index contributed by atoms with van der Waals surface area (Å²) in [6.45, 7) is 3.38. The number of hydrogen-bond acceptors (Lipinski definition) is 4. The number of ether oxygens (including phenoxy) is 1. The Bertz CT molecular complexity index is 961. The van der Waals surface area contributed by atoms with Crippen LogP contribution in [0.5, 0.6) is 0 Å². The molecule has 1 aliphatic carbocycles. The van der Waals surface area contributed by atoms with E-state index in [4.69, 9.17) is 9.84 Å². The molecule has 2 aromatic rings. The Morgan fingerprint density at radius 2 is 1.51 bits per heavy atom. The van der Waals surface area contributed by atoms with Gasteiger partial charge >= 0.3 is 12.1 Å². The van der Waals surface area contributed by atoms with Crippen LogP contribution in [0.3, 0.4) is 0 Å². The van der Waals surface area contributed by atoms with Gasteiger partial charge in [0.25, 0.3) is 0 Å². The Balaban J connectivity index is 1.25. The molecule has 188 valence electrons. The first-order valence-electron chi connectivity index (χ1n) is 12.5. The Labute approximate surface area is 207 Å². The van der Waals surface area contributed by atoms with Gasteiger partial charge in [0, 0.05) is 31.8 Å². The maximum absolute atomic E-state index is 12.2. The number of rotatable bonds is 14. The SMILES string of the molecule is CC(CCNC(=O)CCCCCNC(=O)OCC1c2ccccc2-c2ccccc21)CCC(=O)O. The van der Waals surface area contributed by atoms with Gasteiger partial charge in [-0.05, 0) is 53.9 Å². The molecule has 0 aromatic heterocycles. The number of alkyl carbamates (subject to hydrolysis) is 1. The zero-order chi connectivity index (χ0) is 25.0. The van der Waals surface area contributed by atoms with Gasteiger partial charge in [-0.1, -0.05) is 61.9 Å². The van der Waals surface area contributed by atoms with Crippen LogP contribution in [0.4, 0.5) is 4.79 Å². The summed E-state index contributed by atoms with van der Waals surface area (Å²) in [5.41, 5.74) is 4.78. The first-order valence-corrected chi connectivity index (χ1v) is 12.5. The van der Waals surface area contributed by atoms with Gasteiger partial charge in [0.05, 0.1) is 0 Å². The van der Waals surface area contributed by atoms with Crippen molar-refractivity contribution in [1.29, 1.82) is 0 Å². The van der Waals surface area contributed by atoms with Crippen molar-refractivity contribution in [3.05, 3.63) is 59.7 Å². The fourth-order valence-electron chi connectivity index (χ4n) is 4.49. The van der Waals surface area contributed by atoms with E-state index in [9.17, 15) is 14.4 Å². The topological polar surface area (TPSA) is 105 Å². The average Bonchev–Trinajstić information content (AvgIpc) is 3.17. The van der Waals surface area contributed by atoms with E-state index in [1.54, 1.807) is 0 Å². The van der Waals surface area contributed by atoms with Crippen LogP contribution in [-0.2, 0) is 14.3 Å². The molecule has 0 heterocycles. The molecule has 1 aliphatic rings. The molecule has 0 saturated heterocycles. The standard InChI is InChI=1S/C28H36N2O5/c1-20(14-15-27(32)33)16-18-29-26(31)13-3-2-8-17-30-28(34)35-19-25-23-11-6-4-9-21(23)22-10-5-7-12-24(22)25/h4-7,9-12,20,25H,2-3,8,13-19H2,1H3,(H,29,31)(H,30,34)(H,32,33). The van der Waals surface area contributed by atoms with E-state index in [1.165, 1.54) is 22.3 Å². The number of unbranched alkanes of at least 4 members (excludes halogenated alkanes) is 2. The molecular weight excluding hydrogens is 444 g/mol. The number of nitrogens with one attached hydrogen (secondary N) is 2. The maximum Gasteiger partial charge on any atom is 0.407 e. The maximum atomic E-state index is 12.2. The van der Waals surface area contributed by atoms with Crippen LogP contribution in [0, 0.1) is 5.92 Å². The molecule has 0 aliphatic heterocycles. The highest BCUT2D eigenvalue weighted by Gasteiger charge is 2.28. The van der Waals surface area contributed by atoms with Crippen molar-refractivity contribution in [2.75, 3.05) is 19.7 Å². The van der Waals surface area contributed by atoms with E-state index >= 15 is 0 Å². The summed E-state index contributed by atoms with van der Waals surface area (Å²) in [7, 11) is 0. The monoisotopic (exact) mass is 480 g/mol. The number of carbonyl (C=O) groups is 3. The van der Waals surface area contributed by atoms with E-state index in [1.807, 2.05) is 31.2 Å². The molecule has 0 radical (unpaired) electrons. The summed E-state index contributed by atoms with van der Waals surface area (Å²) < 4.78 is 5.53. The summed E-state index contributed by atoms with van der Waals surface area (Å²) in [5, 5.41) is 14.4. The first kappa shape index (κ1) is 26.3. The highest BCUT2D eigenvalue weighted by Crippen LogP contribution is 2.44. The molecule has 0 bridgehead atoms. The van der Waals surface area contributed by atoms with Crippen molar-refractivity contribution in [1.82, 2.24) is 10.6 Å². The van der Waals surface area contributed by atoms with Crippen molar-refractivity contribution < 1.29 is 24.2 Å². The number of benzene rings is 2. The minimum atomic E-state index is -0.783. The molecular formula is C28H36N2O5. The van der Waals surface area contributed by atoms with E-state index in [2.05, 4.69) is 34.9 Å². The van der Waals surface area contributed by atoms with Gasteiger partial charge in [-0.25, -0.2) is 4.79 Å². The van der Waals surface area contributed by atoms with Crippen molar-refractivity contribution >= 4 is 18.0 Å². The Kier molecular flexibility index (Phi) is 10.1. The van der Waals surface area contributed by atoms with Gasteiger partial charge in [0.2, 0.25) is 5.91 Å². The van der Waals surface area contributed by atoms with Crippen LogP contribution >= 0.6 is 0 Å². The lowest BCUT2D eigenvalue weighted by atomic mass is 9.98. The lowest BCUT2D eigenvalue weighted by Crippen LogP contribution is -2.27. The molecule has 7 heteroatoms. The minimum Gasteiger partial charge on any atom is -0.481 e. The molecule has 1 unspecified atom stereocenters. The fraction of sp³-hybridized carbons (Fsp3) is 0.464. The second-order valence-electron chi connectivity index (χ2n) is 9.24. The van der Waals surface area contributed by atoms with Crippen molar-refractivity contribution in [2.45, 2.75) is 57.8 Å². The van der Waals surface area contributed by atoms with Crippen LogP contribution in [0.1, 0.15) is 68.9 Å². The van der Waals surface area contributed by atoms with Gasteiger partial charge in [-0.3, -0.25) is 9.59 Å². The Morgan fingerprint density at radius 3 is 2.17 bits per heavy atom. The third kappa shape index (κ3) is 8.12.